The minimum absolute atomic E-state index is 0.114. The van der Waals surface area contributed by atoms with Crippen LogP contribution < -0.4 is 5.32 Å². The molecule has 0 bridgehead atoms. The Hall–Kier alpha value is -1.04. The van der Waals surface area contributed by atoms with E-state index in [2.05, 4.69) is 15.5 Å². The van der Waals surface area contributed by atoms with Crippen molar-refractivity contribution in [1.82, 2.24) is 15.5 Å². The number of nitrogens with one attached hydrogen (secondary N) is 1. The van der Waals surface area contributed by atoms with Crippen molar-refractivity contribution >= 4 is 22.9 Å². The second kappa shape index (κ2) is 5.73. The molecular weight excluding hydrogens is 273 g/mol. The summed E-state index contributed by atoms with van der Waals surface area (Å²) in [6.45, 7) is 4.87. The van der Waals surface area contributed by atoms with Gasteiger partial charge in [0.15, 0.2) is 5.01 Å². The standard InChI is InChI=1S/C12H13ClFN3S/c1-3-15-7(2)11-16-17-12(18-11)9-6-8(13)4-5-10(9)14/h4-7,15H,3H2,1-2H3. The fraction of sp³-hybridized carbons (Fsp3) is 0.333. The summed E-state index contributed by atoms with van der Waals surface area (Å²) in [6.07, 6.45) is 0. The van der Waals surface area contributed by atoms with Crippen LogP contribution in [0.2, 0.25) is 5.02 Å². The summed E-state index contributed by atoms with van der Waals surface area (Å²) in [7, 11) is 0. The molecule has 3 nitrogen and oxygen atoms in total. The molecule has 1 heterocycles. The van der Waals surface area contributed by atoms with Crippen molar-refractivity contribution in [2.45, 2.75) is 19.9 Å². The second-order valence-electron chi connectivity index (χ2n) is 3.85. The van der Waals surface area contributed by atoms with Gasteiger partial charge in [0.2, 0.25) is 0 Å². The molecule has 0 aliphatic carbocycles. The Morgan fingerprint density at radius 1 is 1.44 bits per heavy atom. The fourth-order valence-electron chi connectivity index (χ4n) is 1.57. The third kappa shape index (κ3) is 2.85. The van der Waals surface area contributed by atoms with Crippen LogP contribution in [-0.2, 0) is 0 Å². The first kappa shape index (κ1) is 13.4. The molecule has 0 fully saturated rings. The number of nitrogens with zero attached hydrogens (tertiary/aromatic N) is 2. The number of hydrogen-bond donors (Lipinski definition) is 1. The Labute approximate surface area is 114 Å². The monoisotopic (exact) mass is 285 g/mol. The fourth-order valence-corrected chi connectivity index (χ4v) is 2.63. The van der Waals surface area contributed by atoms with Gasteiger partial charge in [-0.1, -0.05) is 29.9 Å². The molecule has 1 aromatic carbocycles. The first-order valence-electron chi connectivity index (χ1n) is 5.64. The van der Waals surface area contributed by atoms with Crippen LogP contribution in [0, 0.1) is 5.82 Å². The summed E-state index contributed by atoms with van der Waals surface area (Å²) in [5.41, 5.74) is 0.398. The van der Waals surface area contributed by atoms with Gasteiger partial charge < -0.3 is 5.32 Å². The SMILES string of the molecule is CCNC(C)c1nnc(-c2cc(Cl)ccc2F)s1. The lowest BCUT2D eigenvalue weighted by Gasteiger charge is -2.06. The van der Waals surface area contributed by atoms with E-state index in [1.165, 1.54) is 23.5 Å². The average molecular weight is 286 g/mol. The predicted molar refractivity (Wildman–Crippen MR) is 72.4 cm³/mol. The smallest absolute Gasteiger partial charge is 0.150 e. The van der Waals surface area contributed by atoms with Crippen LogP contribution in [-0.4, -0.2) is 16.7 Å². The van der Waals surface area contributed by atoms with Crippen molar-refractivity contribution in [3.05, 3.63) is 34.0 Å². The largest absolute Gasteiger partial charge is 0.308 e. The Kier molecular flexibility index (Phi) is 4.27. The first-order chi connectivity index (χ1) is 8.61. The number of hydrogen-bond acceptors (Lipinski definition) is 4. The number of aromatic nitrogens is 2. The molecule has 1 N–H and O–H groups in total. The zero-order valence-electron chi connectivity index (χ0n) is 10.1. The summed E-state index contributed by atoms with van der Waals surface area (Å²) < 4.78 is 13.7. The highest BCUT2D eigenvalue weighted by Gasteiger charge is 2.15. The highest BCUT2D eigenvalue weighted by molar-refractivity contribution is 7.14. The van der Waals surface area contributed by atoms with Gasteiger partial charge in [0, 0.05) is 10.6 Å². The van der Waals surface area contributed by atoms with Crippen molar-refractivity contribution in [2.75, 3.05) is 6.54 Å². The average Bonchev–Trinajstić information content (AvgIpc) is 2.82. The van der Waals surface area contributed by atoms with Gasteiger partial charge >= 0.3 is 0 Å². The number of benzene rings is 1. The summed E-state index contributed by atoms with van der Waals surface area (Å²) in [5, 5.41) is 13.2. The highest BCUT2D eigenvalue weighted by Crippen LogP contribution is 2.30. The molecule has 0 amide bonds. The summed E-state index contributed by atoms with van der Waals surface area (Å²) in [5.74, 6) is -0.335. The summed E-state index contributed by atoms with van der Waals surface area (Å²) >= 11 is 7.24. The maximum atomic E-state index is 13.7. The van der Waals surface area contributed by atoms with E-state index >= 15 is 0 Å². The first-order valence-corrected chi connectivity index (χ1v) is 6.83. The van der Waals surface area contributed by atoms with Crippen molar-refractivity contribution < 1.29 is 4.39 Å². The topological polar surface area (TPSA) is 37.8 Å². The molecule has 0 aliphatic heterocycles. The van der Waals surface area contributed by atoms with E-state index < -0.39 is 0 Å². The van der Waals surface area contributed by atoms with Gasteiger partial charge in [-0.05, 0) is 31.7 Å². The van der Waals surface area contributed by atoms with Gasteiger partial charge in [-0.25, -0.2) is 4.39 Å². The molecule has 2 aromatic rings. The van der Waals surface area contributed by atoms with E-state index in [0.717, 1.165) is 11.6 Å². The Bertz CT molecular complexity index is 544. The van der Waals surface area contributed by atoms with E-state index in [-0.39, 0.29) is 11.9 Å². The quantitative estimate of drug-likeness (QED) is 0.931. The maximum absolute atomic E-state index is 13.7. The minimum atomic E-state index is -0.335. The van der Waals surface area contributed by atoms with Gasteiger partial charge in [-0.15, -0.1) is 10.2 Å². The molecular formula is C12H13ClFN3S. The van der Waals surface area contributed by atoms with Crippen molar-refractivity contribution in [3.63, 3.8) is 0 Å². The van der Waals surface area contributed by atoms with Gasteiger partial charge in [-0.2, -0.15) is 0 Å². The molecule has 2 rings (SSSR count). The van der Waals surface area contributed by atoms with Gasteiger partial charge in [-0.3, -0.25) is 0 Å². The van der Waals surface area contributed by atoms with Crippen LogP contribution in [0.4, 0.5) is 4.39 Å². The molecule has 0 aliphatic rings. The third-order valence-electron chi connectivity index (χ3n) is 2.48. The van der Waals surface area contributed by atoms with Gasteiger partial charge in [0.1, 0.15) is 10.8 Å². The van der Waals surface area contributed by atoms with Crippen LogP contribution in [0.15, 0.2) is 18.2 Å². The van der Waals surface area contributed by atoms with E-state index in [0.29, 0.717) is 15.6 Å². The van der Waals surface area contributed by atoms with Gasteiger partial charge in [0.25, 0.3) is 0 Å². The molecule has 1 unspecified atom stereocenters. The molecule has 1 aromatic heterocycles. The summed E-state index contributed by atoms with van der Waals surface area (Å²) in [6, 6.07) is 4.54. The lowest BCUT2D eigenvalue weighted by atomic mass is 10.2. The van der Waals surface area contributed by atoms with Crippen LogP contribution in [0.25, 0.3) is 10.6 Å². The van der Waals surface area contributed by atoms with E-state index in [1.807, 2.05) is 13.8 Å². The Balaban J connectivity index is 2.32. The van der Waals surface area contributed by atoms with Crippen LogP contribution in [0.5, 0.6) is 0 Å². The number of rotatable bonds is 4. The van der Waals surface area contributed by atoms with Crippen molar-refractivity contribution in [2.24, 2.45) is 0 Å². The molecule has 0 saturated heterocycles. The predicted octanol–water partition coefficient (Wildman–Crippen LogP) is 3.67. The van der Waals surface area contributed by atoms with Gasteiger partial charge in [0.05, 0.1) is 6.04 Å². The van der Waals surface area contributed by atoms with Crippen LogP contribution >= 0.6 is 22.9 Å². The minimum Gasteiger partial charge on any atom is -0.308 e. The lowest BCUT2D eigenvalue weighted by molar-refractivity contribution is 0.590. The second-order valence-corrected chi connectivity index (χ2v) is 5.29. The maximum Gasteiger partial charge on any atom is 0.150 e. The summed E-state index contributed by atoms with van der Waals surface area (Å²) in [4.78, 5) is 0. The lowest BCUT2D eigenvalue weighted by Crippen LogP contribution is -2.17. The molecule has 0 spiro atoms. The van der Waals surface area contributed by atoms with Crippen LogP contribution in [0.3, 0.4) is 0 Å². The number of halogens is 2. The van der Waals surface area contributed by atoms with E-state index in [1.54, 1.807) is 6.07 Å². The van der Waals surface area contributed by atoms with Crippen molar-refractivity contribution in [1.29, 1.82) is 0 Å². The zero-order chi connectivity index (χ0) is 13.1. The molecule has 6 heteroatoms. The zero-order valence-corrected chi connectivity index (χ0v) is 11.6. The third-order valence-corrected chi connectivity index (χ3v) is 3.85. The Morgan fingerprint density at radius 3 is 2.94 bits per heavy atom. The highest BCUT2D eigenvalue weighted by atomic mass is 35.5. The normalized spacial score (nSPS) is 12.7. The molecule has 0 saturated carbocycles. The molecule has 18 heavy (non-hydrogen) atoms. The van der Waals surface area contributed by atoms with E-state index in [4.69, 9.17) is 11.6 Å². The molecule has 1 atom stereocenters. The molecule has 96 valence electrons. The van der Waals surface area contributed by atoms with Crippen molar-refractivity contribution in [3.8, 4) is 10.6 Å². The van der Waals surface area contributed by atoms with Crippen LogP contribution in [0.1, 0.15) is 24.9 Å². The van der Waals surface area contributed by atoms with E-state index in [9.17, 15) is 4.39 Å². The Morgan fingerprint density at radius 2 is 2.22 bits per heavy atom. The molecule has 0 radical (unpaired) electrons.